The number of ether oxygens (including phenoxy) is 1. The lowest BCUT2D eigenvalue weighted by Crippen LogP contribution is -2.22. The van der Waals surface area contributed by atoms with Gasteiger partial charge in [-0.25, -0.2) is 4.39 Å². The molecule has 1 aliphatic rings. The number of likely N-dealkylation sites (tertiary alicyclic amines) is 1. The number of rotatable bonds is 5. The maximum atomic E-state index is 14.0. The number of benzene rings is 2. The van der Waals surface area contributed by atoms with Gasteiger partial charge in [-0.05, 0) is 61.3 Å². The highest BCUT2D eigenvalue weighted by Crippen LogP contribution is 2.34. The molecule has 26 heavy (non-hydrogen) atoms. The molecule has 3 aromatic rings. The van der Waals surface area contributed by atoms with E-state index in [0.29, 0.717) is 17.4 Å². The number of furan rings is 1. The summed E-state index contributed by atoms with van der Waals surface area (Å²) in [7, 11) is 1.68. The Morgan fingerprint density at radius 3 is 2.65 bits per heavy atom. The molecule has 1 atom stereocenters. The van der Waals surface area contributed by atoms with Crippen LogP contribution in [0.2, 0.25) is 0 Å². The lowest BCUT2D eigenvalue weighted by Gasteiger charge is -2.24. The van der Waals surface area contributed by atoms with E-state index in [4.69, 9.17) is 9.15 Å². The number of hydrogen-bond donors (Lipinski definition) is 0. The van der Waals surface area contributed by atoms with Crippen molar-refractivity contribution >= 4 is 0 Å². The maximum absolute atomic E-state index is 14.0. The van der Waals surface area contributed by atoms with Crippen LogP contribution >= 0.6 is 0 Å². The monoisotopic (exact) mass is 351 g/mol. The zero-order chi connectivity index (χ0) is 17.9. The minimum absolute atomic E-state index is 0.259. The Balaban J connectivity index is 1.50. The number of hydrogen-bond acceptors (Lipinski definition) is 3. The van der Waals surface area contributed by atoms with E-state index in [9.17, 15) is 4.39 Å². The minimum Gasteiger partial charge on any atom is -0.497 e. The van der Waals surface area contributed by atoms with Gasteiger partial charge >= 0.3 is 0 Å². The van der Waals surface area contributed by atoms with E-state index < -0.39 is 0 Å². The van der Waals surface area contributed by atoms with Crippen molar-refractivity contribution in [2.24, 2.45) is 0 Å². The second-order valence-electron chi connectivity index (χ2n) is 6.65. The van der Waals surface area contributed by atoms with Crippen LogP contribution in [0, 0.1) is 5.82 Å². The molecule has 0 aliphatic carbocycles. The number of nitrogens with zero attached hydrogens (tertiary/aromatic N) is 1. The molecule has 2 aromatic carbocycles. The van der Waals surface area contributed by atoms with Crippen LogP contribution in [0.15, 0.2) is 65.1 Å². The van der Waals surface area contributed by atoms with Crippen LogP contribution < -0.4 is 4.74 Å². The Hall–Kier alpha value is -2.59. The van der Waals surface area contributed by atoms with E-state index in [2.05, 4.69) is 17.0 Å². The molecule has 134 valence electrons. The Bertz CT molecular complexity index is 872. The van der Waals surface area contributed by atoms with Crippen molar-refractivity contribution in [3.63, 3.8) is 0 Å². The van der Waals surface area contributed by atoms with Crippen LogP contribution in [0.1, 0.15) is 30.2 Å². The molecule has 4 heteroatoms. The van der Waals surface area contributed by atoms with Crippen molar-refractivity contribution < 1.29 is 13.5 Å². The first-order valence-electron chi connectivity index (χ1n) is 8.96. The van der Waals surface area contributed by atoms with E-state index >= 15 is 0 Å². The average Bonchev–Trinajstić information content (AvgIpc) is 3.32. The van der Waals surface area contributed by atoms with Crippen LogP contribution in [0.5, 0.6) is 5.75 Å². The average molecular weight is 351 g/mol. The normalized spacial score (nSPS) is 17.5. The van der Waals surface area contributed by atoms with Crippen LogP contribution in [-0.4, -0.2) is 18.6 Å². The van der Waals surface area contributed by atoms with Crippen LogP contribution in [0.25, 0.3) is 11.3 Å². The van der Waals surface area contributed by atoms with Gasteiger partial charge in [0.05, 0.1) is 19.2 Å². The molecular formula is C22H22FNO2. The Morgan fingerprint density at radius 2 is 1.88 bits per heavy atom. The molecule has 0 N–H and O–H groups in total. The molecule has 0 bridgehead atoms. The van der Waals surface area contributed by atoms with Crippen LogP contribution in [-0.2, 0) is 6.54 Å². The molecule has 2 heterocycles. The van der Waals surface area contributed by atoms with Crippen molar-refractivity contribution in [3.8, 4) is 17.1 Å². The second-order valence-corrected chi connectivity index (χ2v) is 6.65. The summed E-state index contributed by atoms with van der Waals surface area (Å²) in [5.74, 6) is 2.06. The molecule has 4 rings (SSSR count). The largest absolute Gasteiger partial charge is 0.497 e. The molecule has 0 amide bonds. The first-order chi connectivity index (χ1) is 12.7. The van der Waals surface area contributed by atoms with Gasteiger partial charge in [0.2, 0.25) is 0 Å². The third-order valence-corrected chi connectivity index (χ3v) is 5.02. The van der Waals surface area contributed by atoms with Crippen molar-refractivity contribution in [2.75, 3.05) is 13.7 Å². The zero-order valence-corrected chi connectivity index (χ0v) is 14.8. The quantitative estimate of drug-likeness (QED) is 0.613. The van der Waals surface area contributed by atoms with Crippen LogP contribution in [0.3, 0.4) is 0 Å². The van der Waals surface area contributed by atoms with Crippen molar-refractivity contribution in [1.82, 2.24) is 4.90 Å². The summed E-state index contributed by atoms with van der Waals surface area (Å²) in [6.45, 7) is 1.76. The van der Waals surface area contributed by atoms with Gasteiger partial charge in [-0.3, -0.25) is 4.90 Å². The van der Waals surface area contributed by atoms with E-state index in [1.807, 2.05) is 30.3 Å². The van der Waals surface area contributed by atoms with Gasteiger partial charge in [0.25, 0.3) is 0 Å². The van der Waals surface area contributed by atoms with Crippen molar-refractivity contribution in [1.29, 1.82) is 0 Å². The highest BCUT2D eigenvalue weighted by molar-refractivity contribution is 5.58. The summed E-state index contributed by atoms with van der Waals surface area (Å²) >= 11 is 0. The standard InChI is InChI=1S/C22H22FNO2/c1-25-17-10-8-16(9-11-17)21-7-4-14-24(21)15-18-12-13-22(26-18)19-5-2-3-6-20(19)23/h2-3,5-6,8-13,21H,4,7,14-15H2,1H3. The third kappa shape index (κ3) is 3.37. The summed E-state index contributed by atoms with van der Waals surface area (Å²) in [5, 5.41) is 0. The molecule has 1 unspecified atom stereocenters. The van der Waals surface area contributed by atoms with Gasteiger partial charge in [0.15, 0.2) is 0 Å². The van der Waals surface area contributed by atoms with E-state index in [1.54, 1.807) is 19.2 Å². The first kappa shape index (κ1) is 16.9. The summed E-state index contributed by atoms with van der Waals surface area (Å²) in [6, 6.07) is 19.2. The summed E-state index contributed by atoms with van der Waals surface area (Å²) in [6.07, 6.45) is 2.30. The topological polar surface area (TPSA) is 25.6 Å². The van der Waals surface area contributed by atoms with Gasteiger partial charge in [-0.2, -0.15) is 0 Å². The molecule has 0 saturated carbocycles. The summed E-state index contributed by atoms with van der Waals surface area (Å²) in [4.78, 5) is 2.42. The van der Waals surface area contributed by atoms with Gasteiger partial charge < -0.3 is 9.15 Å². The Morgan fingerprint density at radius 1 is 1.08 bits per heavy atom. The third-order valence-electron chi connectivity index (χ3n) is 5.02. The van der Waals surface area contributed by atoms with Crippen molar-refractivity contribution in [3.05, 3.63) is 77.8 Å². The molecule has 1 fully saturated rings. The molecule has 1 aliphatic heterocycles. The fourth-order valence-corrected chi connectivity index (χ4v) is 3.69. The Kier molecular flexibility index (Phi) is 4.76. The molecule has 3 nitrogen and oxygen atoms in total. The van der Waals surface area contributed by atoms with Gasteiger partial charge in [0, 0.05) is 6.04 Å². The number of halogens is 1. The highest BCUT2D eigenvalue weighted by atomic mass is 19.1. The lowest BCUT2D eigenvalue weighted by molar-refractivity contribution is 0.229. The molecule has 0 spiro atoms. The lowest BCUT2D eigenvalue weighted by atomic mass is 10.0. The van der Waals surface area contributed by atoms with Gasteiger partial charge in [0.1, 0.15) is 23.1 Å². The molecule has 1 saturated heterocycles. The summed E-state index contributed by atoms with van der Waals surface area (Å²) < 4.78 is 25.1. The zero-order valence-electron chi connectivity index (χ0n) is 14.8. The fraction of sp³-hybridized carbons (Fsp3) is 0.273. The second kappa shape index (κ2) is 7.34. The van der Waals surface area contributed by atoms with Crippen molar-refractivity contribution in [2.45, 2.75) is 25.4 Å². The van der Waals surface area contributed by atoms with Gasteiger partial charge in [-0.15, -0.1) is 0 Å². The smallest absolute Gasteiger partial charge is 0.137 e. The maximum Gasteiger partial charge on any atom is 0.137 e. The van der Waals surface area contributed by atoms with E-state index in [0.717, 1.165) is 37.4 Å². The van der Waals surface area contributed by atoms with E-state index in [1.165, 1.54) is 11.6 Å². The molecule has 0 radical (unpaired) electrons. The first-order valence-corrected chi connectivity index (χ1v) is 8.96. The van der Waals surface area contributed by atoms with Crippen LogP contribution in [0.4, 0.5) is 4.39 Å². The number of methoxy groups -OCH3 is 1. The minimum atomic E-state index is -0.259. The SMILES string of the molecule is COc1ccc(C2CCCN2Cc2ccc(-c3ccccc3F)o2)cc1. The fourth-order valence-electron chi connectivity index (χ4n) is 3.69. The summed E-state index contributed by atoms with van der Waals surface area (Å²) in [5.41, 5.74) is 1.80. The van der Waals surface area contributed by atoms with E-state index in [-0.39, 0.29) is 5.82 Å². The van der Waals surface area contributed by atoms with Gasteiger partial charge in [-0.1, -0.05) is 24.3 Å². The predicted octanol–water partition coefficient (Wildman–Crippen LogP) is 5.43. The highest BCUT2D eigenvalue weighted by Gasteiger charge is 2.27. The molecule has 1 aromatic heterocycles. The predicted molar refractivity (Wildman–Crippen MR) is 99.5 cm³/mol. The Labute approximate surface area is 153 Å². The molecular weight excluding hydrogens is 329 g/mol.